The van der Waals surface area contributed by atoms with Gasteiger partial charge in [0.05, 0.1) is 0 Å². The molecular formula is C8H11N3O2S. The standard InChI is InChI=1S/C8H11N3O2S/c1-5(12)6-4-14-7(9-6)10-8(13)11(2)3/h4H,1-3H3,(H,9,10,13). The van der Waals surface area contributed by atoms with E-state index in [9.17, 15) is 9.59 Å². The minimum absolute atomic E-state index is 0.105. The molecule has 0 spiro atoms. The zero-order valence-corrected chi connectivity index (χ0v) is 9.01. The molecule has 6 heteroatoms. The summed E-state index contributed by atoms with van der Waals surface area (Å²) in [6.07, 6.45) is 0. The maximum atomic E-state index is 11.2. The minimum atomic E-state index is -0.255. The van der Waals surface area contributed by atoms with Gasteiger partial charge in [0.25, 0.3) is 0 Å². The first-order chi connectivity index (χ1) is 6.50. The quantitative estimate of drug-likeness (QED) is 0.756. The summed E-state index contributed by atoms with van der Waals surface area (Å²) >= 11 is 1.23. The predicted octanol–water partition coefficient (Wildman–Crippen LogP) is 1.44. The highest BCUT2D eigenvalue weighted by atomic mass is 32.1. The molecule has 2 amide bonds. The van der Waals surface area contributed by atoms with Gasteiger partial charge in [-0.25, -0.2) is 9.78 Å². The molecule has 0 fully saturated rings. The van der Waals surface area contributed by atoms with Crippen molar-refractivity contribution in [1.29, 1.82) is 0 Å². The molecule has 5 nitrogen and oxygen atoms in total. The molecule has 0 saturated heterocycles. The Labute approximate surface area is 85.7 Å². The van der Waals surface area contributed by atoms with Crippen LogP contribution in [0.25, 0.3) is 0 Å². The topological polar surface area (TPSA) is 62.3 Å². The van der Waals surface area contributed by atoms with Crippen LogP contribution in [-0.4, -0.2) is 35.8 Å². The molecule has 1 aromatic heterocycles. The average molecular weight is 213 g/mol. The van der Waals surface area contributed by atoms with Crippen LogP contribution in [0, 0.1) is 0 Å². The van der Waals surface area contributed by atoms with E-state index in [0.29, 0.717) is 10.8 Å². The van der Waals surface area contributed by atoms with Gasteiger partial charge in [0.1, 0.15) is 5.69 Å². The highest BCUT2D eigenvalue weighted by Crippen LogP contribution is 2.15. The van der Waals surface area contributed by atoms with Crippen LogP contribution in [0.2, 0.25) is 0 Å². The van der Waals surface area contributed by atoms with E-state index in [0.717, 1.165) is 0 Å². The number of Topliss-reactive ketones (excluding diaryl/α,β-unsaturated/α-hetero) is 1. The Morgan fingerprint density at radius 2 is 2.14 bits per heavy atom. The molecular weight excluding hydrogens is 202 g/mol. The van der Waals surface area contributed by atoms with Crippen molar-refractivity contribution < 1.29 is 9.59 Å². The molecule has 1 N–H and O–H groups in total. The van der Waals surface area contributed by atoms with E-state index < -0.39 is 0 Å². The SMILES string of the molecule is CC(=O)c1csc(NC(=O)N(C)C)n1. The molecule has 0 aliphatic carbocycles. The van der Waals surface area contributed by atoms with Gasteiger partial charge in [-0.05, 0) is 0 Å². The van der Waals surface area contributed by atoms with E-state index in [1.807, 2.05) is 0 Å². The van der Waals surface area contributed by atoms with Gasteiger partial charge in [-0.2, -0.15) is 0 Å². The second kappa shape index (κ2) is 4.19. The smallest absolute Gasteiger partial charge is 0.323 e. The molecule has 0 bridgehead atoms. The summed E-state index contributed by atoms with van der Waals surface area (Å²) in [4.78, 5) is 27.4. The highest BCUT2D eigenvalue weighted by Gasteiger charge is 2.09. The lowest BCUT2D eigenvalue weighted by atomic mass is 10.4. The predicted molar refractivity (Wildman–Crippen MR) is 54.8 cm³/mol. The molecule has 1 aromatic rings. The molecule has 76 valence electrons. The third kappa shape index (κ3) is 2.53. The fourth-order valence-electron chi connectivity index (χ4n) is 0.696. The molecule has 1 heterocycles. The lowest BCUT2D eigenvalue weighted by Crippen LogP contribution is -2.27. The highest BCUT2D eigenvalue weighted by molar-refractivity contribution is 7.14. The average Bonchev–Trinajstić information content (AvgIpc) is 2.52. The van der Waals surface area contributed by atoms with Crippen LogP contribution in [0.3, 0.4) is 0 Å². The fraction of sp³-hybridized carbons (Fsp3) is 0.375. The van der Waals surface area contributed by atoms with Crippen LogP contribution in [0.1, 0.15) is 17.4 Å². The monoisotopic (exact) mass is 213 g/mol. The van der Waals surface area contributed by atoms with Crippen molar-refractivity contribution >= 4 is 28.3 Å². The summed E-state index contributed by atoms with van der Waals surface area (Å²) < 4.78 is 0. The van der Waals surface area contributed by atoms with Gasteiger partial charge in [-0.1, -0.05) is 0 Å². The largest absolute Gasteiger partial charge is 0.331 e. The molecule has 14 heavy (non-hydrogen) atoms. The number of thiazole rings is 1. The lowest BCUT2D eigenvalue weighted by Gasteiger charge is -2.09. The zero-order chi connectivity index (χ0) is 10.7. The van der Waals surface area contributed by atoms with Gasteiger partial charge in [-0.15, -0.1) is 11.3 Å². The van der Waals surface area contributed by atoms with E-state index in [1.54, 1.807) is 19.5 Å². The number of carbonyl (C=O) groups excluding carboxylic acids is 2. The second-order valence-electron chi connectivity index (χ2n) is 2.92. The molecule has 0 aliphatic heterocycles. The van der Waals surface area contributed by atoms with Crippen LogP contribution in [0.5, 0.6) is 0 Å². The number of aromatic nitrogens is 1. The van der Waals surface area contributed by atoms with E-state index in [2.05, 4.69) is 10.3 Å². The summed E-state index contributed by atoms with van der Waals surface area (Å²) in [6.45, 7) is 1.44. The van der Waals surface area contributed by atoms with Crippen molar-refractivity contribution in [1.82, 2.24) is 9.88 Å². The molecule has 0 radical (unpaired) electrons. The van der Waals surface area contributed by atoms with Crippen molar-refractivity contribution in [2.75, 3.05) is 19.4 Å². The Morgan fingerprint density at radius 3 is 2.57 bits per heavy atom. The number of rotatable bonds is 2. The number of nitrogens with zero attached hydrogens (tertiary/aromatic N) is 2. The van der Waals surface area contributed by atoms with Crippen LogP contribution in [-0.2, 0) is 0 Å². The molecule has 0 unspecified atom stereocenters. The number of amides is 2. The number of hydrogen-bond donors (Lipinski definition) is 1. The lowest BCUT2D eigenvalue weighted by molar-refractivity contribution is 0.101. The van der Waals surface area contributed by atoms with Crippen molar-refractivity contribution in [3.8, 4) is 0 Å². The fourth-order valence-corrected chi connectivity index (χ4v) is 1.44. The molecule has 0 aliphatic rings. The van der Waals surface area contributed by atoms with Crippen molar-refractivity contribution in [3.63, 3.8) is 0 Å². The summed E-state index contributed by atoms with van der Waals surface area (Å²) in [6, 6.07) is -0.255. The van der Waals surface area contributed by atoms with Gasteiger partial charge < -0.3 is 4.90 Å². The zero-order valence-electron chi connectivity index (χ0n) is 8.20. The third-order valence-electron chi connectivity index (χ3n) is 1.48. The van der Waals surface area contributed by atoms with Crippen LogP contribution in [0.4, 0.5) is 9.93 Å². The number of urea groups is 1. The summed E-state index contributed by atoms with van der Waals surface area (Å²) in [5.41, 5.74) is 0.379. The van der Waals surface area contributed by atoms with Crippen molar-refractivity contribution in [2.45, 2.75) is 6.92 Å². The number of hydrogen-bond acceptors (Lipinski definition) is 4. The minimum Gasteiger partial charge on any atom is -0.331 e. The van der Waals surface area contributed by atoms with Crippen molar-refractivity contribution in [2.24, 2.45) is 0 Å². The van der Waals surface area contributed by atoms with Crippen LogP contribution >= 0.6 is 11.3 Å². The van der Waals surface area contributed by atoms with Crippen molar-refractivity contribution in [3.05, 3.63) is 11.1 Å². The van der Waals surface area contributed by atoms with Gasteiger partial charge >= 0.3 is 6.03 Å². The summed E-state index contributed by atoms with van der Waals surface area (Å²) in [5, 5.41) is 4.62. The normalized spacial score (nSPS) is 9.64. The number of carbonyl (C=O) groups is 2. The van der Waals surface area contributed by atoms with E-state index in [1.165, 1.54) is 23.2 Å². The Morgan fingerprint density at radius 1 is 1.50 bits per heavy atom. The van der Waals surface area contributed by atoms with Gasteiger partial charge in [0.15, 0.2) is 10.9 Å². The van der Waals surface area contributed by atoms with E-state index in [4.69, 9.17) is 0 Å². The number of nitrogens with one attached hydrogen (secondary N) is 1. The first kappa shape index (κ1) is 10.6. The Balaban J connectivity index is 2.69. The summed E-state index contributed by atoms with van der Waals surface area (Å²) in [7, 11) is 3.27. The maximum Gasteiger partial charge on any atom is 0.323 e. The first-order valence-electron chi connectivity index (χ1n) is 3.95. The Bertz CT molecular complexity index is 359. The molecule has 0 saturated carbocycles. The maximum absolute atomic E-state index is 11.2. The first-order valence-corrected chi connectivity index (χ1v) is 4.83. The van der Waals surface area contributed by atoms with E-state index in [-0.39, 0.29) is 11.8 Å². The van der Waals surface area contributed by atoms with Gasteiger partial charge in [0, 0.05) is 26.4 Å². The Hall–Kier alpha value is -1.43. The van der Waals surface area contributed by atoms with Crippen LogP contribution < -0.4 is 5.32 Å². The van der Waals surface area contributed by atoms with Gasteiger partial charge in [0.2, 0.25) is 0 Å². The number of ketones is 1. The second-order valence-corrected chi connectivity index (χ2v) is 3.78. The molecule has 0 aromatic carbocycles. The Kier molecular flexibility index (Phi) is 3.19. The number of anilines is 1. The molecule has 1 rings (SSSR count). The molecule has 0 atom stereocenters. The van der Waals surface area contributed by atoms with Gasteiger partial charge in [-0.3, -0.25) is 10.1 Å². The van der Waals surface area contributed by atoms with Crippen LogP contribution in [0.15, 0.2) is 5.38 Å². The summed E-state index contributed by atoms with van der Waals surface area (Å²) in [5.74, 6) is -0.105. The van der Waals surface area contributed by atoms with E-state index >= 15 is 0 Å². The third-order valence-corrected chi connectivity index (χ3v) is 2.24.